The summed E-state index contributed by atoms with van der Waals surface area (Å²) >= 11 is 0. The number of nitrogens with one attached hydrogen (secondary N) is 2. The molecule has 7 heteroatoms. The lowest BCUT2D eigenvalue weighted by molar-refractivity contribution is 0.102. The lowest BCUT2D eigenvalue weighted by Gasteiger charge is -2.07. The van der Waals surface area contributed by atoms with Crippen molar-refractivity contribution >= 4 is 22.6 Å². The largest absolute Gasteiger partial charge is 0.322 e. The van der Waals surface area contributed by atoms with E-state index in [4.69, 9.17) is 0 Å². The van der Waals surface area contributed by atoms with E-state index in [-0.39, 0.29) is 5.91 Å². The van der Waals surface area contributed by atoms with Gasteiger partial charge in [0, 0.05) is 16.8 Å². The minimum absolute atomic E-state index is 0.196. The highest BCUT2D eigenvalue weighted by Gasteiger charge is 2.10. The van der Waals surface area contributed by atoms with Gasteiger partial charge in [0.1, 0.15) is 5.82 Å². The summed E-state index contributed by atoms with van der Waals surface area (Å²) in [6.07, 6.45) is 0. The zero-order valence-electron chi connectivity index (χ0n) is 15.2. The molecular weight excluding hydrogens is 340 g/mol. The Hall–Kier alpha value is -3.61. The molecule has 27 heavy (non-hydrogen) atoms. The van der Waals surface area contributed by atoms with E-state index in [2.05, 4.69) is 30.5 Å². The maximum Gasteiger partial charge on any atom is 0.255 e. The first-order valence-electron chi connectivity index (χ1n) is 8.55. The maximum absolute atomic E-state index is 12.6. The molecule has 0 radical (unpaired) electrons. The number of fused-ring (bicyclic) bond motifs is 1. The van der Waals surface area contributed by atoms with Gasteiger partial charge in [0.15, 0.2) is 5.82 Å². The van der Waals surface area contributed by atoms with Gasteiger partial charge in [-0.05, 0) is 63.2 Å². The number of benzene rings is 2. The predicted molar refractivity (Wildman–Crippen MR) is 104 cm³/mol. The molecule has 134 valence electrons. The lowest BCUT2D eigenvalue weighted by Crippen LogP contribution is -2.12. The SMILES string of the molecule is Cc1nc(-c2ccc(NC(=O)c3ccc4nc(C)c(C)nc4c3)cc2)n[nH]1. The number of anilines is 1. The third kappa shape index (κ3) is 3.39. The molecule has 0 fully saturated rings. The quantitative estimate of drug-likeness (QED) is 0.583. The first kappa shape index (κ1) is 16.8. The Balaban J connectivity index is 1.55. The van der Waals surface area contributed by atoms with Crippen LogP contribution < -0.4 is 5.32 Å². The Labute approximate surface area is 155 Å². The second kappa shape index (κ2) is 6.60. The smallest absolute Gasteiger partial charge is 0.255 e. The minimum atomic E-state index is -0.196. The molecule has 2 N–H and O–H groups in total. The van der Waals surface area contributed by atoms with Crippen LogP contribution in [0.2, 0.25) is 0 Å². The zero-order chi connectivity index (χ0) is 19.0. The zero-order valence-corrected chi connectivity index (χ0v) is 15.2. The molecule has 7 nitrogen and oxygen atoms in total. The van der Waals surface area contributed by atoms with Crippen LogP contribution in [0, 0.1) is 20.8 Å². The van der Waals surface area contributed by atoms with Gasteiger partial charge in [0.2, 0.25) is 0 Å². The molecule has 0 aliphatic heterocycles. The van der Waals surface area contributed by atoms with Gasteiger partial charge in [0.05, 0.1) is 22.4 Å². The van der Waals surface area contributed by atoms with Crippen molar-refractivity contribution in [3.8, 4) is 11.4 Å². The number of hydrogen-bond donors (Lipinski definition) is 2. The first-order chi connectivity index (χ1) is 13.0. The molecule has 0 atom stereocenters. The molecule has 0 unspecified atom stereocenters. The Morgan fingerprint density at radius 2 is 1.59 bits per heavy atom. The van der Waals surface area contributed by atoms with Crippen LogP contribution in [0.1, 0.15) is 27.6 Å². The van der Waals surface area contributed by atoms with Crippen LogP contribution in [0.5, 0.6) is 0 Å². The predicted octanol–water partition coefficient (Wildman–Crippen LogP) is 3.59. The number of aromatic nitrogens is 5. The summed E-state index contributed by atoms with van der Waals surface area (Å²) in [5, 5.41) is 9.84. The number of rotatable bonds is 3. The van der Waals surface area contributed by atoms with Gasteiger partial charge in [-0.2, -0.15) is 5.10 Å². The number of H-pyrrole nitrogens is 1. The summed E-state index contributed by atoms with van der Waals surface area (Å²) in [5.41, 5.74) is 5.35. The van der Waals surface area contributed by atoms with Gasteiger partial charge < -0.3 is 5.32 Å². The standard InChI is InChI=1S/C20H18N6O/c1-11-12(2)22-18-10-15(6-9-17(18)21-11)20(27)24-16-7-4-14(5-8-16)19-23-13(3)25-26-19/h4-10H,1-3H3,(H,24,27)(H,23,25,26). The fourth-order valence-electron chi connectivity index (χ4n) is 2.75. The van der Waals surface area contributed by atoms with Gasteiger partial charge in [-0.25, -0.2) is 15.0 Å². The van der Waals surface area contributed by atoms with Crippen LogP contribution in [0.15, 0.2) is 42.5 Å². The van der Waals surface area contributed by atoms with Crippen LogP contribution in [0.4, 0.5) is 5.69 Å². The molecule has 0 aliphatic rings. The van der Waals surface area contributed by atoms with E-state index < -0.39 is 0 Å². The topological polar surface area (TPSA) is 96.5 Å². The number of carbonyl (C=O) groups excluding carboxylic acids is 1. The van der Waals surface area contributed by atoms with Crippen molar-refractivity contribution in [3.63, 3.8) is 0 Å². The van der Waals surface area contributed by atoms with Crippen molar-refractivity contribution in [2.45, 2.75) is 20.8 Å². The fraction of sp³-hybridized carbons (Fsp3) is 0.150. The van der Waals surface area contributed by atoms with Crippen molar-refractivity contribution in [1.29, 1.82) is 0 Å². The minimum Gasteiger partial charge on any atom is -0.322 e. The molecule has 0 saturated carbocycles. The highest BCUT2D eigenvalue weighted by Crippen LogP contribution is 2.19. The van der Waals surface area contributed by atoms with Gasteiger partial charge in [-0.1, -0.05) is 0 Å². The molecule has 4 rings (SSSR count). The average Bonchev–Trinajstić information content (AvgIpc) is 3.09. The molecule has 0 aliphatic carbocycles. The number of hydrogen-bond acceptors (Lipinski definition) is 5. The summed E-state index contributed by atoms with van der Waals surface area (Å²) in [4.78, 5) is 25.9. The number of carbonyl (C=O) groups is 1. The van der Waals surface area contributed by atoms with Crippen molar-refractivity contribution in [2.75, 3.05) is 5.32 Å². The summed E-state index contributed by atoms with van der Waals surface area (Å²) in [6.45, 7) is 5.68. The summed E-state index contributed by atoms with van der Waals surface area (Å²) in [6, 6.07) is 12.7. The Kier molecular flexibility index (Phi) is 4.12. The molecular formula is C20H18N6O. The average molecular weight is 358 g/mol. The van der Waals surface area contributed by atoms with Crippen LogP contribution in [0.25, 0.3) is 22.4 Å². The van der Waals surface area contributed by atoms with E-state index in [0.29, 0.717) is 22.6 Å². The van der Waals surface area contributed by atoms with Crippen molar-refractivity contribution in [2.24, 2.45) is 0 Å². The summed E-state index contributed by atoms with van der Waals surface area (Å²) < 4.78 is 0. The molecule has 0 saturated heterocycles. The third-order valence-corrected chi connectivity index (χ3v) is 4.34. The van der Waals surface area contributed by atoms with Crippen LogP contribution in [-0.2, 0) is 0 Å². The molecule has 1 amide bonds. The van der Waals surface area contributed by atoms with Crippen LogP contribution in [0.3, 0.4) is 0 Å². The number of amides is 1. The van der Waals surface area contributed by atoms with Crippen molar-refractivity contribution in [3.05, 3.63) is 65.2 Å². The van der Waals surface area contributed by atoms with E-state index in [1.807, 2.05) is 51.1 Å². The number of aromatic amines is 1. The monoisotopic (exact) mass is 358 g/mol. The Morgan fingerprint density at radius 3 is 2.26 bits per heavy atom. The summed E-state index contributed by atoms with van der Waals surface area (Å²) in [5.74, 6) is 1.19. The second-order valence-electron chi connectivity index (χ2n) is 6.37. The van der Waals surface area contributed by atoms with E-state index in [9.17, 15) is 4.79 Å². The third-order valence-electron chi connectivity index (χ3n) is 4.34. The highest BCUT2D eigenvalue weighted by molar-refractivity contribution is 6.05. The normalized spacial score (nSPS) is 10.9. The van der Waals surface area contributed by atoms with Crippen molar-refractivity contribution in [1.82, 2.24) is 25.1 Å². The van der Waals surface area contributed by atoms with E-state index >= 15 is 0 Å². The highest BCUT2D eigenvalue weighted by atomic mass is 16.1. The van der Waals surface area contributed by atoms with Gasteiger partial charge >= 0.3 is 0 Å². The van der Waals surface area contributed by atoms with Gasteiger partial charge in [0.25, 0.3) is 5.91 Å². The Bertz CT molecular complexity index is 1150. The molecule has 2 aromatic heterocycles. The lowest BCUT2D eigenvalue weighted by atomic mass is 10.1. The fourth-order valence-corrected chi connectivity index (χ4v) is 2.75. The van der Waals surface area contributed by atoms with E-state index in [1.54, 1.807) is 12.1 Å². The van der Waals surface area contributed by atoms with Gasteiger partial charge in [-0.3, -0.25) is 9.89 Å². The maximum atomic E-state index is 12.6. The molecule has 2 aromatic carbocycles. The van der Waals surface area contributed by atoms with Gasteiger partial charge in [-0.15, -0.1) is 0 Å². The number of aryl methyl sites for hydroxylation is 3. The molecule has 4 aromatic rings. The first-order valence-corrected chi connectivity index (χ1v) is 8.55. The van der Waals surface area contributed by atoms with Crippen LogP contribution in [-0.4, -0.2) is 31.1 Å². The van der Waals surface area contributed by atoms with Crippen LogP contribution >= 0.6 is 0 Å². The molecule has 0 bridgehead atoms. The molecule has 0 spiro atoms. The van der Waals surface area contributed by atoms with E-state index in [0.717, 1.165) is 28.3 Å². The summed E-state index contributed by atoms with van der Waals surface area (Å²) in [7, 11) is 0. The van der Waals surface area contributed by atoms with Crippen molar-refractivity contribution < 1.29 is 4.79 Å². The molecule has 2 heterocycles. The van der Waals surface area contributed by atoms with E-state index in [1.165, 1.54) is 0 Å². The number of nitrogens with zero attached hydrogens (tertiary/aromatic N) is 4. The second-order valence-corrected chi connectivity index (χ2v) is 6.37. The Morgan fingerprint density at radius 1 is 0.889 bits per heavy atom.